The highest BCUT2D eigenvalue weighted by atomic mass is 16.6. The molecule has 1 fully saturated rings. The van der Waals surface area contributed by atoms with Gasteiger partial charge in [-0.25, -0.2) is 4.99 Å². The van der Waals surface area contributed by atoms with Gasteiger partial charge in [-0.3, -0.25) is 0 Å². The van der Waals surface area contributed by atoms with Crippen LogP contribution in [-0.2, 0) is 15.1 Å². The van der Waals surface area contributed by atoms with Gasteiger partial charge in [0.1, 0.15) is 6.61 Å². The lowest BCUT2D eigenvalue weighted by Crippen LogP contribution is -2.21. The molecule has 2 aromatic rings. The van der Waals surface area contributed by atoms with Crippen LogP contribution in [0.1, 0.15) is 25.0 Å². The molecule has 2 aliphatic heterocycles. The van der Waals surface area contributed by atoms with E-state index in [1.165, 1.54) is 0 Å². The minimum absolute atomic E-state index is 0.129. The van der Waals surface area contributed by atoms with Gasteiger partial charge in [-0.05, 0) is 17.0 Å². The van der Waals surface area contributed by atoms with E-state index in [1.807, 2.05) is 36.4 Å². The summed E-state index contributed by atoms with van der Waals surface area (Å²) in [6.07, 6.45) is -0.129. The van der Waals surface area contributed by atoms with E-state index in [1.54, 1.807) is 0 Å². The SMILES string of the molecule is CC(C)[C@H]1COC(C2OC2(c2ccccc2)c2ccccc2)=N1. The van der Waals surface area contributed by atoms with E-state index in [-0.39, 0.29) is 12.1 Å². The monoisotopic (exact) mass is 307 g/mol. The van der Waals surface area contributed by atoms with E-state index < -0.39 is 5.60 Å². The lowest BCUT2D eigenvalue weighted by molar-refractivity contribution is 0.275. The maximum Gasteiger partial charge on any atom is 0.217 e. The zero-order chi connectivity index (χ0) is 15.9. The molecule has 1 unspecified atom stereocenters. The van der Waals surface area contributed by atoms with Crippen molar-refractivity contribution in [1.82, 2.24) is 0 Å². The molecule has 118 valence electrons. The molecule has 2 aromatic carbocycles. The van der Waals surface area contributed by atoms with E-state index in [2.05, 4.69) is 38.1 Å². The number of aliphatic imine (C=N–C) groups is 1. The molecular weight excluding hydrogens is 286 g/mol. The first-order chi connectivity index (χ1) is 11.2. The molecule has 2 heterocycles. The summed E-state index contributed by atoms with van der Waals surface area (Å²) < 4.78 is 12.1. The smallest absolute Gasteiger partial charge is 0.217 e. The molecule has 23 heavy (non-hydrogen) atoms. The Morgan fingerprint density at radius 1 is 0.957 bits per heavy atom. The molecular formula is C20H21NO2. The summed E-state index contributed by atoms with van der Waals surface area (Å²) in [6.45, 7) is 5.01. The summed E-state index contributed by atoms with van der Waals surface area (Å²) >= 11 is 0. The number of benzene rings is 2. The first-order valence-electron chi connectivity index (χ1n) is 8.21. The van der Waals surface area contributed by atoms with Gasteiger partial charge >= 0.3 is 0 Å². The fourth-order valence-electron chi connectivity index (χ4n) is 3.25. The molecule has 0 aromatic heterocycles. The second kappa shape index (κ2) is 5.50. The Labute approximate surface area is 137 Å². The van der Waals surface area contributed by atoms with E-state index in [4.69, 9.17) is 14.5 Å². The van der Waals surface area contributed by atoms with Gasteiger partial charge in [0.15, 0.2) is 11.7 Å². The predicted molar refractivity (Wildman–Crippen MR) is 90.6 cm³/mol. The Morgan fingerprint density at radius 3 is 2.00 bits per heavy atom. The van der Waals surface area contributed by atoms with Crippen LogP contribution in [0.15, 0.2) is 65.7 Å². The summed E-state index contributed by atoms with van der Waals surface area (Å²) in [7, 11) is 0. The van der Waals surface area contributed by atoms with Gasteiger partial charge in [-0.2, -0.15) is 0 Å². The highest BCUT2D eigenvalue weighted by molar-refractivity contribution is 5.88. The second-order valence-corrected chi connectivity index (χ2v) is 6.56. The van der Waals surface area contributed by atoms with Crippen LogP contribution in [0.4, 0.5) is 0 Å². The molecule has 0 radical (unpaired) electrons. The molecule has 0 spiro atoms. The quantitative estimate of drug-likeness (QED) is 0.806. The lowest BCUT2D eigenvalue weighted by Gasteiger charge is -2.14. The van der Waals surface area contributed by atoms with Crippen LogP contribution in [0.3, 0.4) is 0 Å². The molecule has 1 saturated heterocycles. The summed E-state index contributed by atoms with van der Waals surface area (Å²) in [5, 5.41) is 0. The Kier molecular flexibility index (Phi) is 3.46. The molecule has 3 nitrogen and oxygen atoms in total. The van der Waals surface area contributed by atoms with Gasteiger partial charge in [-0.1, -0.05) is 74.5 Å². The third-order valence-electron chi connectivity index (χ3n) is 4.71. The minimum Gasteiger partial charge on any atom is -0.477 e. The number of nitrogens with zero attached hydrogens (tertiary/aromatic N) is 1. The molecule has 0 aliphatic carbocycles. The van der Waals surface area contributed by atoms with Gasteiger partial charge in [0.25, 0.3) is 0 Å². The molecule has 0 amide bonds. The van der Waals surface area contributed by atoms with Gasteiger partial charge in [0, 0.05) is 0 Å². The zero-order valence-electron chi connectivity index (χ0n) is 13.5. The van der Waals surface area contributed by atoms with Gasteiger partial charge in [0.05, 0.1) is 6.04 Å². The first-order valence-corrected chi connectivity index (χ1v) is 8.21. The van der Waals surface area contributed by atoms with Crippen molar-refractivity contribution in [2.45, 2.75) is 31.6 Å². The topological polar surface area (TPSA) is 34.1 Å². The normalized spacial score (nSPS) is 25.1. The van der Waals surface area contributed by atoms with Crippen molar-refractivity contribution < 1.29 is 9.47 Å². The summed E-state index contributed by atoms with van der Waals surface area (Å²) in [5.41, 5.74) is 1.83. The molecule has 2 atom stereocenters. The summed E-state index contributed by atoms with van der Waals surface area (Å²) in [4.78, 5) is 4.77. The summed E-state index contributed by atoms with van der Waals surface area (Å²) in [5.74, 6) is 1.23. The Bertz CT molecular complexity index is 669. The molecule has 0 bridgehead atoms. The number of epoxide rings is 1. The van der Waals surface area contributed by atoms with Gasteiger partial charge < -0.3 is 9.47 Å². The van der Waals surface area contributed by atoms with Crippen molar-refractivity contribution >= 4 is 5.90 Å². The van der Waals surface area contributed by atoms with Crippen LogP contribution < -0.4 is 0 Å². The second-order valence-electron chi connectivity index (χ2n) is 6.56. The average molecular weight is 307 g/mol. The van der Waals surface area contributed by atoms with E-state index >= 15 is 0 Å². The van der Waals surface area contributed by atoms with Crippen molar-refractivity contribution in [1.29, 1.82) is 0 Å². The molecule has 0 N–H and O–H groups in total. The highest BCUT2D eigenvalue weighted by Gasteiger charge is 2.63. The maximum atomic E-state index is 6.23. The lowest BCUT2D eigenvalue weighted by atomic mass is 9.88. The van der Waals surface area contributed by atoms with E-state index in [9.17, 15) is 0 Å². The largest absolute Gasteiger partial charge is 0.477 e. The Balaban J connectivity index is 1.72. The standard InChI is InChI=1S/C20H21NO2/c1-14(2)17-13-22-19(21-17)18-20(23-18,15-9-5-3-6-10-15)16-11-7-4-8-12-16/h3-12,14,17-18H,13H2,1-2H3/t17-,18?/m1/s1. The molecule has 4 rings (SSSR count). The van der Waals surface area contributed by atoms with Crippen molar-refractivity contribution in [3.63, 3.8) is 0 Å². The van der Waals surface area contributed by atoms with Crippen LogP contribution in [0.2, 0.25) is 0 Å². The Morgan fingerprint density at radius 2 is 1.52 bits per heavy atom. The number of hydrogen-bond donors (Lipinski definition) is 0. The number of ether oxygens (including phenoxy) is 2. The summed E-state index contributed by atoms with van der Waals surface area (Å²) in [6, 6.07) is 20.9. The van der Waals surface area contributed by atoms with Gasteiger partial charge in [0.2, 0.25) is 5.90 Å². The zero-order valence-corrected chi connectivity index (χ0v) is 13.5. The molecule has 0 saturated carbocycles. The van der Waals surface area contributed by atoms with Crippen LogP contribution in [-0.4, -0.2) is 24.7 Å². The van der Waals surface area contributed by atoms with Crippen molar-refractivity contribution in [3.05, 3.63) is 71.8 Å². The van der Waals surface area contributed by atoms with Crippen molar-refractivity contribution in [2.75, 3.05) is 6.61 Å². The molecule has 3 heteroatoms. The number of hydrogen-bond acceptors (Lipinski definition) is 3. The first kappa shape index (κ1) is 14.5. The number of rotatable bonds is 4. The maximum absolute atomic E-state index is 6.23. The van der Waals surface area contributed by atoms with Crippen LogP contribution in [0, 0.1) is 5.92 Å². The Hall–Kier alpha value is -2.13. The van der Waals surface area contributed by atoms with E-state index in [0.717, 1.165) is 17.0 Å². The van der Waals surface area contributed by atoms with Crippen LogP contribution in [0.25, 0.3) is 0 Å². The van der Waals surface area contributed by atoms with Crippen molar-refractivity contribution in [3.8, 4) is 0 Å². The van der Waals surface area contributed by atoms with Crippen LogP contribution >= 0.6 is 0 Å². The fourth-order valence-corrected chi connectivity index (χ4v) is 3.25. The third kappa shape index (κ3) is 2.36. The average Bonchev–Trinajstić information content (AvgIpc) is 3.16. The van der Waals surface area contributed by atoms with Crippen molar-refractivity contribution in [2.24, 2.45) is 10.9 Å². The highest BCUT2D eigenvalue weighted by Crippen LogP contribution is 2.52. The molecule has 2 aliphatic rings. The van der Waals surface area contributed by atoms with E-state index in [0.29, 0.717) is 12.5 Å². The van der Waals surface area contributed by atoms with Gasteiger partial charge in [-0.15, -0.1) is 0 Å². The fraction of sp³-hybridized carbons (Fsp3) is 0.350. The minimum atomic E-state index is -0.465. The predicted octanol–water partition coefficient (Wildman–Crippen LogP) is 3.78. The third-order valence-corrected chi connectivity index (χ3v) is 4.71. The van der Waals surface area contributed by atoms with Crippen LogP contribution in [0.5, 0.6) is 0 Å².